The molecule has 0 fully saturated rings. The Balaban J connectivity index is 1.57. The molecule has 4 rings (SSSR count). The fraction of sp³-hybridized carbons (Fsp3) is 0.211. The Morgan fingerprint density at radius 3 is 2.86 bits per heavy atom. The molecular formula is C19H17N5O2S2. The number of para-hydroxylation sites is 1. The molecule has 28 heavy (non-hydrogen) atoms. The van der Waals surface area contributed by atoms with Gasteiger partial charge in [0, 0.05) is 22.9 Å². The van der Waals surface area contributed by atoms with Crippen LogP contribution in [-0.2, 0) is 12.3 Å². The molecule has 1 aromatic carbocycles. The third kappa shape index (κ3) is 4.05. The normalized spacial score (nSPS) is 11.1. The first kappa shape index (κ1) is 18.6. The number of nitrogens with one attached hydrogen (secondary N) is 1. The van der Waals surface area contributed by atoms with E-state index in [2.05, 4.69) is 25.5 Å². The van der Waals surface area contributed by atoms with Gasteiger partial charge in [-0.25, -0.2) is 9.97 Å². The van der Waals surface area contributed by atoms with E-state index in [9.17, 15) is 4.79 Å². The van der Waals surface area contributed by atoms with Crippen LogP contribution in [0.3, 0.4) is 0 Å². The smallest absolute Gasteiger partial charge is 0.287 e. The third-order valence-electron chi connectivity index (χ3n) is 4.02. The van der Waals surface area contributed by atoms with Gasteiger partial charge >= 0.3 is 0 Å². The minimum absolute atomic E-state index is 0.267. The number of aromatic nitrogens is 4. The number of carbonyl (C=O) groups is 1. The van der Waals surface area contributed by atoms with Crippen molar-refractivity contribution in [3.63, 3.8) is 0 Å². The standard InChI is InChI=1S/C19H17N5O2S2/c1-11-20-8-7-13(22-11)9-21-18(25)17-15(10-27-19-24-23-12(2)28-19)14-5-3-4-6-16(14)26-17/h3-8H,9-10H2,1-2H3,(H,21,25). The van der Waals surface area contributed by atoms with Crippen LogP contribution in [0.2, 0.25) is 0 Å². The van der Waals surface area contributed by atoms with Gasteiger partial charge in [0.1, 0.15) is 16.4 Å². The number of hydrogen-bond acceptors (Lipinski definition) is 8. The molecule has 0 spiro atoms. The zero-order valence-corrected chi connectivity index (χ0v) is 16.9. The minimum Gasteiger partial charge on any atom is -0.451 e. The maximum atomic E-state index is 12.8. The summed E-state index contributed by atoms with van der Waals surface area (Å²) < 4.78 is 6.74. The molecular weight excluding hydrogens is 394 g/mol. The molecule has 0 aliphatic rings. The zero-order valence-electron chi connectivity index (χ0n) is 15.3. The van der Waals surface area contributed by atoms with Crippen molar-refractivity contribution in [3.05, 3.63) is 64.4 Å². The van der Waals surface area contributed by atoms with Crippen molar-refractivity contribution in [1.29, 1.82) is 0 Å². The van der Waals surface area contributed by atoms with Crippen LogP contribution in [0.25, 0.3) is 11.0 Å². The first-order valence-corrected chi connectivity index (χ1v) is 10.4. The summed E-state index contributed by atoms with van der Waals surface area (Å²) in [6.45, 7) is 4.04. The molecule has 0 atom stereocenters. The van der Waals surface area contributed by atoms with Crippen LogP contribution in [0.4, 0.5) is 0 Å². The monoisotopic (exact) mass is 411 g/mol. The highest BCUT2D eigenvalue weighted by molar-refractivity contribution is 8.00. The molecule has 9 heteroatoms. The minimum atomic E-state index is -0.267. The molecule has 0 saturated heterocycles. The highest BCUT2D eigenvalue weighted by Crippen LogP contribution is 2.33. The van der Waals surface area contributed by atoms with Crippen molar-refractivity contribution in [1.82, 2.24) is 25.5 Å². The highest BCUT2D eigenvalue weighted by atomic mass is 32.2. The summed E-state index contributed by atoms with van der Waals surface area (Å²) in [5.41, 5.74) is 2.29. The Kier molecular flexibility index (Phi) is 5.36. The van der Waals surface area contributed by atoms with E-state index in [-0.39, 0.29) is 5.91 Å². The average Bonchev–Trinajstić information content (AvgIpc) is 3.28. The quantitative estimate of drug-likeness (QED) is 0.481. The SMILES string of the molecule is Cc1nccc(CNC(=O)c2oc3ccccc3c2CSc2nnc(C)s2)n1. The molecule has 0 radical (unpaired) electrons. The molecule has 3 heterocycles. The number of furan rings is 1. The fourth-order valence-electron chi connectivity index (χ4n) is 2.75. The van der Waals surface area contributed by atoms with Crippen LogP contribution < -0.4 is 5.32 Å². The number of amides is 1. The lowest BCUT2D eigenvalue weighted by atomic mass is 10.1. The number of thioether (sulfide) groups is 1. The predicted octanol–water partition coefficient (Wildman–Crippen LogP) is 3.91. The highest BCUT2D eigenvalue weighted by Gasteiger charge is 2.21. The van der Waals surface area contributed by atoms with Gasteiger partial charge in [-0.3, -0.25) is 4.79 Å². The molecule has 142 valence electrons. The summed E-state index contributed by atoms with van der Waals surface area (Å²) in [6.07, 6.45) is 1.68. The average molecular weight is 412 g/mol. The Morgan fingerprint density at radius 2 is 2.07 bits per heavy atom. The Bertz CT molecular complexity index is 1140. The lowest BCUT2D eigenvalue weighted by Gasteiger charge is -2.05. The van der Waals surface area contributed by atoms with Gasteiger partial charge in [0.05, 0.1) is 12.2 Å². The van der Waals surface area contributed by atoms with E-state index in [1.807, 2.05) is 38.1 Å². The third-order valence-corrected chi connectivity index (χ3v) is 6.01. The molecule has 3 aromatic heterocycles. The number of hydrogen-bond donors (Lipinski definition) is 1. The summed E-state index contributed by atoms with van der Waals surface area (Å²) in [5.74, 6) is 1.29. The van der Waals surface area contributed by atoms with Crippen molar-refractivity contribution in [2.45, 2.75) is 30.5 Å². The van der Waals surface area contributed by atoms with Gasteiger partial charge in [-0.2, -0.15) is 0 Å². The predicted molar refractivity (Wildman–Crippen MR) is 108 cm³/mol. The van der Waals surface area contributed by atoms with E-state index in [1.54, 1.807) is 24.0 Å². The number of aryl methyl sites for hydroxylation is 2. The number of rotatable bonds is 6. The second kappa shape index (κ2) is 8.07. The number of nitrogens with zero attached hydrogens (tertiary/aromatic N) is 4. The van der Waals surface area contributed by atoms with Crippen molar-refractivity contribution in [2.24, 2.45) is 0 Å². The summed E-state index contributed by atoms with van der Waals surface area (Å²) in [6, 6.07) is 9.43. The number of carbonyl (C=O) groups excluding carboxylic acids is 1. The molecule has 1 N–H and O–H groups in total. The topological polar surface area (TPSA) is 93.8 Å². The maximum absolute atomic E-state index is 12.8. The maximum Gasteiger partial charge on any atom is 0.287 e. The molecule has 0 bridgehead atoms. The second-order valence-electron chi connectivity index (χ2n) is 6.06. The number of benzene rings is 1. The van der Waals surface area contributed by atoms with Crippen LogP contribution in [0.15, 0.2) is 45.3 Å². The number of fused-ring (bicyclic) bond motifs is 1. The second-order valence-corrected chi connectivity index (χ2v) is 8.46. The van der Waals surface area contributed by atoms with E-state index in [4.69, 9.17) is 4.42 Å². The van der Waals surface area contributed by atoms with Crippen molar-refractivity contribution in [3.8, 4) is 0 Å². The molecule has 7 nitrogen and oxygen atoms in total. The van der Waals surface area contributed by atoms with Gasteiger partial charge in [-0.1, -0.05) is 41.3 Å². The lowest BCUT2D eigenvalue weighted by Crippen LogP contribution is -2.24. The first-order chi connectivity index (χ1) is 13.6. The van der Waals surface area contributed by atoms with E-state index >= 15 is 0 Å². The molecule has 0 aliphatic carbocycles. The molecule has 0 saturated carbocycles. The van der Waals surface area contributed by atoms with Crippen molar-refractivity contribution < 1.29 is 9.21 Å². The van der Waals surface area contributed by atoms with Gasteiger partial charge in [0.15, 0.2) is 10.1 Å². The fourth-order valence-corrected chi connectivity index (χ4v) is 4.59. The Hall–Kier alpha value is -2.78. The van der Waals surface area contributed by atoms with E-state index < -0.39 is 0 Å². The van der Waals surface area contributed by atoms with Gasteiger partial charge in [0.2, 0.25) is 0 Å². The van der Waals surface area contributed by atoms with Crippen LogP contribution in [0.1, 0.15) is 32.6 Å². The van der Waals surface area contributed by atoms with E-state index in [0.29, 0.717) is 29.5 Å². The summed E-state index contributed by atoms with van der Waals surface area (Å²) >= 11 is 3.08. The van der Waals surface area contributed by atoms with Gasteiger partial charge < -0.3 is 9.73 Å². The zero-order chi connectivity index (χ0) is 19.5. The molecule has 0 unspecified atom stereocenters. The van der Waals surface area contributed by atoms with E-state index in [0.717, 1.165) is 26.0 Å². The van der Waals surface area contributed by atoms with Crippen LogP contribution >= 0.6 is 23.1 Å². The van der Waals surface area contributed by atoms with Crippen LogP contribution in [0, 0.1) is 13.8 Å². The molecule has 4 aromatic rings. The van der Waals surface area contributed by atoms with Crippen molar-refractivity contribution in [2.75, 3.05) is 0 Å². The molecule has 0 aliphatic heterocycles. The Labute approximate surface area is 169 Å². The summed E-state index contributed by atoms with van der Waals surface area (Å²) in [5, 5.41) is 12.9. The van der Waals surface area contributed by atoms with Crippen LogP contribution in [0.5, 0.6) is 0 Å². The lowest BCUT2D eigenvalue weighted by molar-refractivity contribution is 0.0924. The van der Waals surface area contributed by atoms with Crippen molar-refractivity contribution >= 4 is 40.0 Å². The van der Waals surface area contributed by atoms with Gasteiger partial charge in [0.25, 0.3) is 5.91 Å². The first-order valence-electron chi connectivity index (χ1n) is 8.60. The molecule has 1 amide bonds. The van der Waals surface area contributed by atoms with Crippen LogP contribution in [-0.4, -0.2) is 26.1 Å². The van der Waals surface area contributed by atoms with E-state index in [1.165, 1.54) is 11.3 Å². The van der Waals surface area contributed by atoms with Gasteiger partial charge in [-0.15, -0.1) is 10.2 Å². The van der Waals surface area contributed by atoms with Gasteiger partial charge in [-0.05, 0) is 26.0 Å². The largest absolute Gasteiger partial charge is 0.451 e. The summed E-state index contributed by atoms with van der Waals surface area (Å²) in [7, 11) is 0. The summed E-state index contributed by atoms with van der Waals surface area (Å²) in [4.78, 5) is 21.2. The Morgan fingerprint density at radius 1 is 1.21 bits per heavy atom.